The predicted molar refractivity (Wildman–Crippen MR) is 104 cm³/mol. The summed E-state index contributed by atoms with van der Waals surface area (Å²) >= 11 is 0. The fourth-order valence-electron chi connectivity index (χ4n) is 2.68. The first-order chi connectivity index (χ1) is 11.8. The number of hydrogen-bond donors (Lipinski definition) is 0. The Bertz CT molecular complexity index is 642. The monoisotopic (exact) mass is 330 g/mol. The van der Waals surface area contributed by atoms with Crippen molar-refractivity contribution in [2.75, 3.05) is 0 Å². The zero-order valence-corrected chi connectivity index (χ0v) is 17.0. The quantitative estimate of drug-likeness (QED) is 0.279. The summed E-state index contributed by atoms with van der Waals surface area (Å²) in [5.41, 5.74) is 4.92. The van der Waals surface area contributed by atoms with Crippen LogP contribution in [0.4, 0.5) is 0 Å². The van der Waals surface area contributed by atoms with Gasteiger partial charge in [0.2, 0.25) is 0 Å². The Labute approximate surface area is 184 Å². The molecule has 0 aromatic heterocycles. The van der Waals surface area contributed by atoms with Crippen LogP contribution < -0.4 is 37.7 Å². The van der Waals surface area contributed by atoms with E-state index in [0.29, 0.717) is 0 Å². The van der Waals surface area contributed by atoms with Crippen molar-refractivity contribution < 1.29 is 37.7 Å². The molecular weight excluding hydrogens is 302 g/mol. The molecule has 2 heteroatoms. The first-order valence-corrected chi connectivity index (χ1v) is 9.19. The Morgan fingerprint density at radius 2 is 1.35 bits per heavy atom. The zero-order valence-electron chi connectivity index (χ0n) is 17.0. The molecule has 0 nitrogen and oxygen atoms in total. The molecule has 26 heavy (non-hydrogen) atoms. The standard InChI is InChI=1S/C24H28.2Li/c1-3-5-9-19-24(22-17-12-8-13-18-22)23(16-6-4-2)20-21-14-10-7-11-15-21;;/h7-8,10-15,17-18H,3-6,9,16H2,1-2H3;;/q-2;2*+1. The molecule has 0 aliphatic carbocycles. The van der Waals surface area contributed by atoms with Crippen molar-refractivity contribution >= 4 is 5.57 Å². The van der Waals surface area contributed by atoms with E-state index in [1.807, 2.05) is 0 Å². The minimum absolute atomic E-state index is 0. The number of rotatable bonds is 9. The van der Waals surface area contributed by atoms with Crippen LogP contribution >= 0.6 is 0 Å². The molecule has 0 aliphatic rings. The molecule has 0 aliphatic heterocycles. The third kappa shape index (κ3) is 8.67. The molecular formula is C24H28Li2. The van der Waals surface area contributed by atoms with Crippen LogP contribution in [0.25, 0.3) is 5.57 Å². The number of unbranched alkanes of at least 4 members (excludes halogenated alkanes) is 3. The van der Waals surface area contributed by atoms with Gasteiger partial charge in [0.25, 0.3) is 0 Å². The van der Waals surface area contributed by atoms with Gasteiger partial charge < -0.3 is 0 Å². The maximum atomic E-state index is 3.68. The van der Waals surface area contributed by atoms with E-state index in [2.05, 4.69) is 86.7 Å². The average Bonchev–Trinajstić information content (AvgIpc) is 2.64. The van der Waals surface area contributed by atoms with Gasteiger partial charge in [-0.15, -0.1) is 36.4 Å². The van der Waals surface area contributed by atoms with Gasteiger partial charge in [0, 0.05) is 0 Å². The second-order valence-electron chi connectivity index (χ2n) is 6.09. The average molecular weight is 330 g/mol. The molecule has 0 saturated heterocycles. The summed E-state index contributed by atoms with van der Waals surface area (Å²) in [6.07, 6.45) is 14.2. The number of hydrogen-bond acceptors (Lipinski definition) is 0. The van der Waals surface area contributed by atoms with E-state index < -0.39 is 0 Å². The maximum absolute atomic E-state index is 3.68. The summed E-state index contributed by atoms with van der Waals surface area (Å²) in [5, 5.41) is 0. The molecule has 0 amide bonds. The van der Waals surface area contributed by atoms with E-state index in [1.54, 1.807) is 0 Å². The summed E-state index contributed by atoms with van der Waals surface area (Å²) in [5.74, 6) is 0. The number of allylic oxidation sites excluding steroid dienone is 3. The van der Waals surface area contributed by atoms with E-state index >= 15 is 0 Å². The molecule has 0 bridgehead atoms. The van der Waals surface area contributed by atoms with Crippen molar-refractivity contribution in [2.45, 2.75) is 52.4 Å². The smallest absolute Gasteiger partial charge is 0.261 e. The molecule has 0 fully saturated rings. The van der Waals surface area contributed by atoms with Crippen LogP contribution in [0.2, 0.25) is 0 Å². The Morgan fingerprint density at radius 3 is 1.92 bits per heavy atom. The first-order valence-electron chi connectivity index (χ1n) is 9.19. The van der Waals surface area contributed by atoms with Crippen LogP contribution in [-0.4, -0.2) is 0 Å². The van der Waals surface area contributed by atoms with Crippen LogP contribution in [0, 0.1) is 12.2 Å². The van der Waals surface area contributed by atoms with Gasteiger partial charge in [0.1, 0.15) is 0 Å². The number of benzene rings is 2. The Hall–Kier alpha value is -0.885. The van der Waals surface area contributed by atoms with Crippen molar-refractivity contribution in [1.82, 2.24) is 0 Å². The molecule has 0 radical (unpaired) electrons. The molecule has 2 aromatic rings. The zero-order chi connectivity index (χ0) is 17.0. The van der Waals surface area contributed by atoms with E-state index in [-0.39, 0.29) is 37.7 Å². The van der Waals surface area contributed by atoms with E-state index in [1.165, 1.54) is 42.4 Å². The van der Waals surface area contributed by atoms with Crippen molar-refractivity contribution in [2.24, 2.45) is 0 Å². The van der Waals surface area contributed by atoms with Crippen LogP contribution in [0.1, 0.15) is 63.5 Å². The fourth-order valence-corrected chi connectivity index (χ4v) is 2.68. The topological polar surface area (TPSA) is 0 Å². The SMILES string of the molecule is CCCC[C-]=C(C(=[C-]c1ccccc1)CCCC)c1ccccc1.[Li+].[Li+]. The van der Waals surface area contributed by atoms with E-state index in [0.717, 1.165) is 18.4 Å². The minimum Gasteiger partial charge on any atom is -0.261 e. The van der Waals surface area contributed by atoms with Gasteiger partial charge in [-0.2, -0.15) is 11.1 Å². The fraction of sp³-hybridized carbons (Fsp3) is 0.333. The normalized spacial score (nSPS) is 11.5. The minimum atomic E-state index is 0. The molecule has 0 spiro atoms. The summed E-state index contributed by atoms with van der Waals surface area (Å²) in [6, 6.07) is 21.1. The molecule has 0 unspecified atom stereocenters. The molecule has 0 heterocycles. The van der Waals surface area contributed by atoms with Crippen molar-refractivity contribution in [3.63, 3.8) is 0 Å². The van der Waals surface area contributed by atoms with Gasteiger partial charge in [0.15, 0.2) is 0 Å². The third-order valence-corrected chi connectivity index (χ3v) is 4.05. The Morgan fingerprint density at radius 1 is 0.769 bits per heavy atom. The molecule has 2 aromatic carbocycles. The van der Waals surface area contributed by atoms with E-state index in [9.17, 15) is 0 Å². The summed E-state index contributed by atoms with van der Waals surface area (Å²) in [6.45, 7) is 4.47. The van der Waals surface area contributed by atoms with E-state index in [4.69, 9.17) is 0 Å². The van der Waals surface area contributed by atoms with Crippen LogP contribution in [-0.2, 0) is 0 Å². The van der Waals surface area contributed by atoms with Gasteiger partial charge in [-0.25, -0.2) is 11.6 Å². The Balaban J connectivity index is 0.00000312. The van der Waals surface area contributed by atoms with Crippen molar-refractivity contribution in [3.05, 3.63) is 89.5 Å². The van der Waals surface area contributed by atoms with Gasteiger partial charge >= 0.3 is 37.7 Å². The van der Waals surface area contributed by atoms with Crippen LogP contribution in [0.15, 0.2) is 66.2 Å². The second kappa shape index (κ2) is 15.2. The Kier molecular flexibility index (Phi) is 14.7. The predicted octanol–water partition coefficient (Wildman–Crippen LogP) is 1.04. The second-order valence-corrected chi connectivity index (χ2v) is 6.09. The summed E-state index contributed by atoms with van der Waals surface area (Å²) in [7, 11) is 0. The third-order valence-electron chi connectivity index (χ3n) is 4.05. The van der Waals surface area contributed by atoms with Crippen molar-refractivity contribution in [1.29, 1.82) is 0 Å². The summed E-state index contributed by atoms with van der Waals surface area (Å²) < 4.78 is 0. The molecule has 0 atom stereocenters. The van der Waals surface area contributed by atoms with Gasteiger partial charge in [-0.3, -0.25) is 11.6 Å². The molecule has 2 rings (SSSR count). The largest absolute Gasteiger partial charge is 1.00 e. The summed E-state index contributed by atoms with van der Waals surface area (Å²) in [4.78, 5) is 0. The molecule has 126 valence electrons. The van der Waals surface area contributed by atoms with Gasteiger partial charge in [-0.1, -0.05) is 76.6 Å². The van der Waals surface area contributed by atoms with Gasteiger partial charge in [-0.05, 0) is 0 Å². The van der Waals surface area contributed by atoms with Gasteiger partial charge in [0.05, 0.1) is 0 Å². The maximum Gasteiger partial charge on any atom is 1.00 e. The first kappa shape index (κ1) is 25.1. The van der Waals surface area contributed by atoms with Crippen molar-refractivity contribution in [3.8, 4) is 0 Å². The molecule has 0 N–H and O–H groups in total. The van der Waals surface area contributed by atoms with Crippen LogP contribution in [0.5, 0.6) is 0 Å². The van der Waals surface area contributed by atoms with Crippen LogP contribution in [0.3, 0.4) is 0 Å². The molecule has 0 saturated carbocycles.